The first kappa shape index (κ1) is 16.8. The van der Waals surface area contributed by atoms with Crippen molar-refractivity contribution in [3.05, 3.63) is 17.0 Å². The molecule has 1 fully saturated rings. The zero-order chi connectivity index (χ0) is 15.6. The average Bonchev–Trinajstić information content (AvgIpc) is 2.46. The quantitative estimate of drug-likeness (QED) is 0.778. The van der Waals surface area contributed by atoms with Crippen molar-refractivity contribution in [3.8, 4) is 0 Å². The molecular formula is C13H20ClN3O2S2. The molecule has 1 unspecified atom stereocenters. The minimum absolute atomic E-state index is 0.130. The van der Waals surface area contributed by atoms with Gasteiger partial charge >= 0.3 is 0 Å². The van der Waals surface area contributed by atoms with E-state index in [9.17, 15) is 8.42 Å². The molecule has 5 nitrogen and oxygen atoms in total. The highest BCUT2D eigenvalue weighted by Gasteiger charge is 2.34. The summed E-state index contributed by atoms with van der Waals surface area (Å²) in [7, 11) is -3.16. The van der Waals surface area contributed by atoms with Gasteiger partial charge in [-0.05, 0) is 0 Å². The number of thioether (sulfide) groups is 1. The molecule has 0 radical (unpaired) electrons. The van der Waals surface area contributed by atoms with Gasteiger partial charge in [-0.15, -0.1) is 0 Å². The molecule has 0 spiro atoms. The van der Waals surface area contributed by atoms with E-state index in [4.69, 9.17) is 11.6 Å². The van der Waals surface area contributed by atoms with E-state index in [0.29, 0.717) is 29.1 Å². The standard InChI is InChI=1S/C13H20ClN3O2S2/c1-4-21(18,19)12-8-20-6-5-17(12)11-7-10(14)15-13(16-11)9(2)3/h7,9,12H,4-6,8H2,1-3H3. The lowest BCUT2D eigenvalue weighted by Gasteiger charge is -2.35. The van der Waals surface area contributed by atoms with Crippen LogP contribution >= 0.6 is 23.4 Å². The molecule has 21 heavy (non-hydrogen) atoms. The maximum absolute atomic E-state index is 12.3. The lowest BCUT2D eigenvalue weighted by molar-refractivity contribution is 0.578. The fourth-order valence-corrected chi connectivity index (χ4v) is 5.32. The second kappa shape index (κ2) is 6.71. The third kappa shape index (κ3) is 3.81. The molecule has 1 atom stereocenters. The molecule has 1 saturated heterocycles. The monoisotopic (exact) mass is 349 g/mol. The molecule has 0 saturated carbocycles. The van der Waals surface area contributed by atoms with E-state index in [2.05, 4.69) is 9.97 Å². The van der Waals surface area contributed by atoms with E-state index < -0.39 is 15.2 Å². The van der Waals surface area contributed by atoms with Crippen LogP contribution < -0.4 is 4.90 Å². The van der Waals surface area contributed by atoms with E-state index in [0.717, 1.165) is 5.75 Å². The van der Waals surface area contributed by atoms with E-state index in [-0.39, 0.29) is 11.7 Å². The summed E-state index contributed by atoms with van der Waals surface area (Å²) in [5.74, 6) is 2.97. The van der Waals surface area contributed by atoms with Crippen LogP contribution in [0.4, 0.5) is 5.82 Å². The summed E-state index contributed by atoms with van der Waals surface area (Å²) in [6.07, 6.45) is 0. The first-order valence-corrected chi connectivity index (χ1v) is 10.2. The van der Waals surface area contributed by atoms with Crippen molar-refractivity contribution in [1.29, 1.82) is 0 Å². The molecule has 0 N–H and O–H groups in total. The van der Waals surface area contributed by atoms with Crippen LogP contribution in [0, 0.1) is 0 Å². The van der Waals surface area contributed by atoms with Crippen molar-refractivity contribution in [2.45, 2.75) is 32.1 Å². The Labute approximate surface area is 135 Å². The largest absolute Gasteiger partial charge is 0.338 e. The first-order valence-electron chi connectivity index (χ1n) is 6.95. The molecule has 1 aromatic rings. The Kier molecular flexibility index (Phi) is 5.38. The number of hydrogen-bond acceptors (Lipinski definition) is 6. The smallest absolute Gasteiger partial charge is 0.171 e. The SMILES string of the molecule is CCS(=O)(=O)C1CSCCN1c1cc(Cl)nc(C(C)C)n1. The third-order valence-corrected chi connectivity index (χ3v) is 6.89. The number of hydrogen-bond donors (Lipinski definition) is 0. The van der Waals surface area contributed by atoms with E-state index in [1.807, 2.05) is 18.7 Å². The molecule has 0 bridgehead atoms. The summed E-state index contributed by atoms with van der Waals surface area (Å²) in [5, 5.41) is -0.179. The summed E-state index contributed by atoms with van der Waals surface area (Å²) in [5.41, 5.74) is 0. The van der Waals surface area contributed by atoms with Crippen molar-refractivity contribution >= 4 is 39.0 Å². The van der Waals surface area contributed by atoms with Crippen LogP contribution in [-0.2, 0) is 9.84 Å². The minimum atomic E-state index is -3.16. The van der Waals surface area contributed by atoms with Gasteiger partial charge in [0.2, 0.25) is 0 Å². The van der Waals surface area contributed by atoms with Gasteiger partial charge in [-0.25, -0.2) is 18.4 Å². The third-order valence-electron chi connectivity index (χ3n) is 3.41. The zero-order valence-electron chi connectivity index (χ0n) is 12.4. The molecule has 1 aliphatic heterocycles. The van der Waals surface area contributed by atoms with Crippen LogP contribution in [0.25, 0.3) is 0 Å². The summed E-state index contributed by atoms with van der Waals surface area (Å²) in [6, 6.07) is 1.65. The Morgan fingerprint density at radius 3 is 2.81 bits per heavy atom. The Morgan fingerprint density at radius 2 is 2.19 bits per heavy atom. The molecule has 1 aliphatic rings. The molecule has 118 valence electrons. The van der Waals surface area contributed by atoms with Crippen molar-refractivity contribution in [3.63, 3.8) is 0 Å². The highest BCUT2D eigenvalue weighted by molar-refractivity contribution is 8.01. The van der Waals surface area contributed by atoms with Gasteiger partial charge in [0.05, 0.1) is 0 Å². The Balaban J connectivity index is 2.42. The molecule has 2 rings (SSSR count). The molecule has 2 heterocycles. The van der Waals surface area contributed by atoms with Crippen LogP contribution in [0.5, 0.6) is 0 Å². The van der Waals surface area contributed by atoms with Gasteiger partial charge in [-0.3, -0.25) is 0 Å². The Bertz CT molecular complexity index is 607. The molecule has 0 aromatic carbocycles. The van der Waals surface area contributed by atoms with E-state index in [1.54, 1.807) is 24.8 Å². The number of nitrogens with zero attached hydrogens (tertiary/aromatic N) is 3. The molecule has 0 amide bonds. The maximum Gasteiger partial charge on any atom is 0.171 e. The van der Waals surface area contributed by atoms with Crippen molar-refractivity contribution in [2.75, 3.05) is 28.7 Å². The van der Waals surface area contributed by atoms with Crippen LogP contribution in [0.1, 0.15) is 32.5 Å². The highest BCUT2D eigenvalue weighted by atomic mass is 35.5. The van der Waals surface area contributed by atoms with Crippen molar-refractivity contribution in [2.24, 2.45) is 0 Å². The van der Waals surface area contributed by atoms with Gasteiger partial charge in [0.15, 0.2) is 9.84 Å². The van der Waals surface area contributed by atoms with Crippen molar-refractivity contribution in [1.82, 2.24) is 9.97 Å². The number of aromatic nitrogens is 2. The Morgan fingerprint density at radius 1 is 1.48 bits per heavy atom. The number of halogens is 1. The summed E-state index contributed by atoms with van der Waals surface area (Å²) < 4.78 is 24.6. The molecule has 8 heteroatoms. The number of rotatable bonds is 4. The fourth-order valence-electron chi connectivity index (χ4n) is 2.16. The van der Waals surface area contributed by atoms with E-state index >= 15 is 0 Å². The topological polar surface area (TPSA) is 63.2 Å². The van der Waals surface area contributed by atoms with Gasteiger partial charge in [-0.1, -0.05) is 32.4 Å². The van der Waals surface area contributed by atoms with Crippen LogP contribution in [0.2, 0.25) is 5.15 Å². The summed E-state index contributed by atoms with van der Waals surface area (Å²) in [4.78, 5) is 10.6. The number of sulfone groups is 1. The second-order valence-electron chi connectivity index (χ2n) is 5.24. The zero-order valence-corrected chi connectivity index (χ0v) is 14.8. The van der Waals surface area contributed by atoms with Crippen LogP contribution in [0.3, 0.4) is 0 Å². The molecule has 1 aromatic heterocycles. The van der Waals surface area contributed by atoms with Gasteiger partial charge in [0.1, 0.15) is 22.2 Å². The van der Waals surface area contributed by atoms with Crippen LogP contribution in [0.15, 0.2) is 6.07 Å². The Hall–Kier alpha value is -0.530. The van der Waals surface area contributed by atoms with E-state index in [1.165, 1.54) is 0 Å². The van der Waals surface area contributed by atoms with Crippen LogP contribution in [-0.4, -0.2) is 47.6 Å². The molecule has 0 aliphatic carbocycles. The average molecular weight is 350 g/mol. The second-order valence-corrected chi connectivity index (χ2v) is 9.22. The maximum atomic E-state index is 12.3. The van der Waals surface area contributed by atoms with Gasteiger partial charge < -0.3 is 4.90 Å². The minimum Gasteiger partial charge on any atom is -0.338 e. The predicted octanol–water partition coefficient (Wildman–Crippen LogP) is 2.57. The van der Waals surface area contributed by atoms with Gasteiger partial charge in [-0.2, -0.15) is 11.8 Å². The van der Waals surface area contributed by atoms with Gasteiger partial charge in [0.25, 0.3) is 0 Å². The lowest BCUT2D eigenvalue weighted by atomic mass is 10.2. The summed E-state index contributed by atoms with van der Waals surface area (Å²) >= 11 is 7.74. The highest BCUT2D eigenvalue weighted by Crippen LogP contribution is 2.28. The molecular weight excluding hydrogens is 330 g/mol. The number of anilines is 1. The summed E-state index contributed by atoms with van der Waals surface area (Å²) in [6.45, 7) is 6.31. The fraction of sp³-hybridized carbons (Fsp3) is 0.692. The lowest BCUT2D eigenvalue weighted by Crippen LogP contribution is -2.48. The normalized spacial score (nSPS) is 20.0. The predicted molar refractivity (Wildman–Crippen MR) is 89.1 cm³/mol. The first-order chi connectivity index (χ1) is 9.85. The van der Waals surface area contributed by atoms with Crippen molar-refractivity contribution < 1.29 is 8.42 Å². The van der Waals surface area contributed by atoms with Gasteiger partial charge in [0, 0.05) is 35.8 Å².